The van der Waals surface area contributed by atoms with E-state index < -0.39 is 18.6 Å². The molecule has 0 aliphatic rings. The molecule has 2 aromatic heterocycles. The van der Waals surface area contributed by atoms with E-state index in [4.69, 9.17) is 9.97 Å². The van der Waals surface area contributed by atoms with Crippen LogP contribution in [0.15, 0.2) is 182 Å². The first kappa shape index (κ1) is 49.2. The summed E-state index contributed by atoms with van der Waals surface area (Å²) in [6.07, 6.45) is 5.45. The fraction of sp³-hybridized carbons (Fsp3) is 0.260. The number of phenolic OH excluding ortho intramolecular Hbond substituents is 1. The van der Waals surface area contributed by atoms with Gasteiger partial charge in [-0.25, -0.2) is 4.98 Å². The van der Waals surface area contributed by atoms with Crippen molar-refractivity contribution >= 4 is 11.0 Å². The van der Waals surface area contributed by atoms with Gasteiger partial charge in [-0.1, -0.05) is 219 Å². The number of fused-ring (bicyclic) bond motifs is 1. The zero-order valence-electron chi connectivity index (χ0n) is 51.8. The summed E-state index contributed by atoms with van der Waals surface area (Å²) >= 11 is 0. The van der Waals surface area contributed by atoms with Gasteiger partial charge in [0.05, 0.1) is 22.3 Å². The molecule has 2 heterocycles. The molecule has 4 nitrogen and oxygen atoms in total. The van der Waals surface area contributed by atoms with E-state index >= 15 is 0 Å². The second kappa shape index (κ2) is 23.1. The third kappa shape index (κ3) is 10.5. The van der Waals surface area contributed by atoms with Crippen molar-refractivity contribution in [1.29, 1.82) is 0 Å². The van der Waals surface area contributed by atoms with E-state index in [1.165, 1.54) is 11.1 Å². The first-order valence-corrected chi connectivity index (χ1v) is 27.4. The molecule has 0 aliphatic carbocycles. The second-order valence-corrected chi connectivity index (χ2v) is 21.8. The maximum atomic E-state index is 12.6. The van der Waals surface area contributed by atoms with Crippen molar-refractivity contribution in [2.24, 2.45) is 0 Å². The average Bonchev–Trinajstić information content (AvgIpc) is 4.14. The number of nitrogens with zero attached hydrogens (tertiary/aromatic N) is 3. The standard InChI is InChI=1S/C73H74N3O.Pt/c1-12-72(10,13-2)63-29-23-30-64(73(11,14-3)15-4)68(63)55-36-37-66(49(9)40-55)76-67-31-22-28-60(69(67)75-71(76)62-45-56(47(5)6)44-61(48(7)8)70(62)77)58-41-57(51-26-20-17-21-27-51)42-59(43-58)65-46-54(38-39-74-65)53-34-32-52(33-35-53)50-24-18-16-19-25-50;/h16-42,44-48,77H,12-15H2,1-11H3;/q-1;/i9D3,47D,48D;. The van der Waals surface area contributed by atoms with Gasteiger partial charge in [-0.3, -0.25) is 9.55 Å². The molecule has 0 spiro atoms. The summed E-state index contributed by atoms with van der Waals surface area (Å²) in [5, 5.41) is 12.6. The van der Waals surface area contributed by atoms with Crippen molar-refractivity contribution in [2.45, 2.75) is 124 Å². The van der Waals surface area contributed by atoms with Gasteiger partial charge in [0.2, 0.25) is 0 Å². The fourth-order valence-electron chi connectivity index (χ4n) is 11.1. The van der Waals surface area contributed by atoms with Crippen LogP contribution in [0.2, 0.25) is 0 Å². The van der Waals surface area contributed by atoms with E-state index in [0.29, 0.717) is 27.8 Å². The molecule has 398 valence electrons. The monoisotopic (exact) mass is 1210 g/mol. The third-order valence-electron chi connectivity index (χ3n) is 16.8. The molecule has 5 heteroatoms. The van der Waals surface area contributed by atoms with Gasteiger partial charge in [-0.15, -0.1) is 23.8 Å². The molecule has 0 aliphatic heterocycles. The zero-order chi connectivity index (χ0) is 58.5. The van der Waals surface area contributed by atoms with E-state index in [9.17, 15) is 12.0 Å². The van der Waals surface area contributed by atoms with Gasteiger partial charge < -0.3 is 5.11 Å². The molecule has 10 rings (SSSR count). The van der Waals surface area contributed by atoms with Crippen LogP contribution in [0, 0.1) is 12.9 Å². The van der Waals surface area contributed by atoms with Crippen molar-refractivity contribution in [1.82, 2.24) is 14.5 Å². The van der Waals surface area contributed by atoms with Crippen LogP contribution in [0.3, 0.4) is 0 Å². The number of hydrogen-bond acceptors (Lipinski definition) is 3. The molecule has 1 N–H and O–H groups in total. The van der Waals surface area contributed by atoms with E-state index in [2.05, 4.69) is 139 Å². The number of benzene rings is 8. The molecule has 10 aromatic rings. The molecule has 0 unspecified atom stereocenters. The molecule has 0 saturated carbocycles. The Morgan fingerprint density at radius 3 is 1.72 bits per heavy atom. The first-order valence-electron chi connectivity index (χ1n) is 29.9. The predicted molar refractivity (Wildman–Crippen MR) is 326 cm³/mol. The van der Waals surface area contributed by atoms with Gasteiger partial charge in [0.25, 0.3) is 0 Å². The number of aromatic hydroxyl groups is 1. The maximum Gasteiger partial charge on any atom is 0.148 e. The number of aromatic nitrogens is 3. The van der Waals surface area contributed by atoms with Gasteiger partial charge in [-0.2, -0.15) is 0 Å². The Morgan fingerprint density at radius 1 is 0.564 bits per heavy atom. The molecule has 78 heavy (non-hydrogen) atoms. The number of aryl methyl sites for hydroxylation is 1. The van der Waals surface area contributed by atoms with Crippen LogP contribution in [-0.4, -0.2) is 19.6 Å². The van der Waals surface area contributed by atoms with Crippen LogP contribution in [0.4, 0.5) is 0 Å². The average molecular weight is 1210 g/mol. The van der Waals surface area contributed by atoms with Crippen LogP contribution in [0.1, 0.15) is 141 Å². The number of hydrogen-bond donors (Lipinski definition) is 1. The summed E-state index contributed by atoms with van der Waals surface area (Å²) in [5.74, 6) is -2.31. The molecular formula is C73H74N3OPt-. The Morgan fingerprint density at radius 2 is 1.13 bits per heavy atom. The fourth-order valence-corrected chi connectivity index (χ4v) is 11.1. The van der Waals surface area contributed by atoms with E-state index in [1.54, 1.807) is 39.8 Å². The summed E-state index contributed by atoms with van der Waals surface area (Å²) < 4.78 is 48.7. The molecule has 0 bridgehead atoms. The third-order valence-corrected chi connectivity index (χ3v) is 16.8. The quantitative estimate of drug-likeness (QED) is 0.0981. The summed E-state index contributed by atoms with van der Waals surface area (Å²) in [4.78, 5) is 10.5. The molecule has 0 amide bonds. The van der Waals surface area contributed by atoms with Gasteiger partial charge >= 0.3 is 0 Å². The van der Waals surface area contributed by atoms with Gasteiger partial charge in [0.1, 0.15) is 11.6 Å². The molecule has 0 saturated heterocycles. The van der Waals surface area contributed by atoms with Crippen molar-refractivity contribution in [3.05, 3.63) is 216 Å². The van der Waals surface area contributed by atoms with Crippen LogP contribution < -0.4 is 0 Å². The molecule has 0 atom stereocenters. The molecule has 0 radical (unpaired) electrons. The van der Waals surface area contributed by atoms with Gasteiger partial charge in [-0.05, 0) is 152 Å². The molecular weight excluding hydrogens is 1130 g/mol. The maximum absolute atomic E-state index is 12.6. The number of pyridine rings is 1. The van der Waals surface area contributed by atoms with Gasteiger partial charge in [0, 0.05) is 39.8 Å². The minimum absolute atomic E-state index is 0. The Hall–Kier alpha value is -7.13. The number of imidazole rings is 1. The smallest absolute Gasteiger partial charge is 0.148 e. The Kier molecular flexibility index (Phi) is 14.5. The van der Waals surface area contributed by atoms with Crippen LogP contribution in [-0.2, 0) is 31.9 Å². The second-order valence-electron chi connectivity index (χ2n) is 21.8. The van der Waals surface area contributed by atoms with Gasteiger partial charge in [0.15, 0.2) is 0 Å². The Bertz CT molecular complexity index is 3920. The first-order chi connectivity index (χ1) is 39.0. The van der Waals surface area contributed by atoms with Crippen molar-refractivity contribution in [3.8, 4) is 89.7 Å². The Labute approximate surface area is 486 Å². The van der Waals surface area contributed by atoms with Crippen molar-refractivity contribution in [2.75, 3.05) is 0 Å². The topological polar surface area (TPSA) is 50.9 Å². The zero-order valence-corrected chi connectivity index (χ0v) is 49.0. The minimum atomic E-state index is -2.62. The summed E-state index contributed by atoms with van der Waals surface area (Å²) in [6.45, 7) is 17.9. The molecule has 8 aromatic carbocycles. The normalized spacial score (nSPS) is 13.3. The largest absolute Gasteiger partial charge is 0.507 e. The van der Waals surface area contributed by atoms with E-state index in [0.717, 1.165) is 92.6 Å². The summed E-state index contributed by atoms with van der Waals surface area (Å²) in [5.41, 5.74) is 16.0. The molecule has 0 fully saturated rings. The number of phenols is 1. The minimum Gasteiger partial charge on any atom is -0.507 e. The van der Waals surface area contributed by atoms with E-state index in [-0.39, 0.29) is 54.6 Å². The summed E-state index contributed by atoms with van der Waals surface area (Å²) in [7, 11) is 0. The number of para-hydroxylation sites is 1. The SMILES string of the molecule is [2H]C([2H])([2H])c1cc(-c2c(C(C)(CC)CC)cccc2C(C)(CC)CC)ccc1-n1c(-c2cc(C([2H])(C)C)cc(C([2H])(C)C)c2O)nc2c(-c3[c-]c(-c4cc(-c5ccc(-c6ccccc6)cc5)ccn4)cc(-c4ccccc4)c3)cccc21.[Pt]. The summed E-state index contributed by atoms with van der Waals surface area (Å²) in [6, 6.07) is 63.2. The Balaban J connectivity index is 0.00000828. The van der Waals surface area contributed by atoms with E-state index in [1.807, 2.05) is 83.6 Å². The van der Waals surface area contributed by atoms with Crippen LogP contribution in [0.5, 0.6) is 5.75 Å². The van der Waals surface area contributed by atoms with Crippen LogP contribution >= 0.6 is 0 Å². The number of rotatable bonds is 16. The van der Waals surface area contributed by atoms with Crippen molar-refractivity contribution in [3.63, 3.8) is 0 Å². The predicted octanol–water partition coefficient (Wildman–Crippen LogP) is 20.3. The van der Waals surface area contributed by atoms with Crippen LogP contribution in [0.25, 0.3) is 95.0 Å². The van der Waals surface area contributed by atoms with Crippen molar-refractivity contribution < 1.29 is 33.0 Å².